The van der Waals surface area contributed by atoms with Crippen LogP contribution in [0.2, 0.25) is 0 Å². The lowest BCUT2D eigenvalue weighted by molar-refractivity contribution is -0.230. The van der Waals surface area contributed by atoms with Crippen molar-refractivity contribution in [3.8, 4) is 0 Å². The number of urea groups is 1. The van der Waals surface area contributed by atoms with Crippen LogP contribution in [0, 0.1) is 0 Å². The van der Waals surface area contributed by atoms with Crippen LogP contribution in [-0.4, -0.2) is 99.0 Å². The number of amides is 4. The van der Waals surface area contributed by atoms with Gasteiger partial charge in [-0.1, -0.05) is 18.2 Å². The van der Waals surface area contributed by atoms with E-state index in [-0.39, 0.29) is 49.7 Å². The number of para-hydroxylation sites is 1. The normalized spacial score (nSPS) is 32.1. The summed E-state index contributed by atoms with van der Waals surface area (Å²) in [5.74, 6) is -3.41. The second-order valence-corrected chi connectivity index (χ2v) is 9.67. The summed E-state index contributed by atoms with van der Waals surface area (Å²) in [5.41, 5.74) is 12.3. The maximum Gasteiger partial charge on any atom is 0.322 e. The molecule has 0 bridgehead atoms. The number of aliphatic hydroxyl groups is 2. The summed E-state index contributed by atoms with van der Waals surface area (Å²) >= 11 is 0. The summed E-state index contributed by atoms with van der Waals surface area (Å²) in [7, 11) is 0. The van der Waals surface area contributed by atoms with Gasteiger partial charge < -0.3 is 37.2 Å². The molecule has 190 valence electrons. The monoisotopic (exact) mass is 497 g/mol. The molecule has 0 radical (unpaired) electrons. The zero-order valence-corrected chi connectivity index (χ0v) is 19.3. The SMILES string of the molecule is NC1=N[C@H]2[C@H](CN3C(=O)CCC3=O)N=C(N)N3C[C@H](NC(=O)N4CCc5ccccc54)C(O)(O)[C@]23N1. The first-order chi connectivity index (χ1) is 17.1. The van der Waals surface area contributed by atoms with Gasteiger partial charge in [0.1, 0.15) is 12.1 Å². The quantitative estimate of drug-likeness (QED) is 0.185. The standard InChI is InChI=1S/C22H27N9O5/c23-18-27-17-12(9-30-15(32)5-6-16(30)33)25-19(24)31-10-14(22(35,36)21(17,31)28-18)26-20(34)29-8-7-11-3-1-2-4-13(11)29/h1-4,12,14,17,35-36H,5-10H2,(H2,24,25)(H,26,34)(H3,23,27,28)/t12-,14-,17-,21-/m0/s1. The summed E-state index contributed by atoms with van der Waals surface area (Å²) in [5, 5.41) is 28.7. The van der Waals surface area contributed by atoms with Crippen molar-refractivity contribution in [2.24, 2.45) is 21.5 Å². The van der Waals surface area contributed by atoms with E-state index in [9.17, 15) is 24.6 Å². The number of carbonyl (C=O) groups is 3. The highest BCUT2D eigenvalue weighted by atomic mass is 16.5. The fourth-order valence-corrected chi connectivity index (χ4v) is 6.03. The van der Waals surface area contributed by atoms with Gasteiger partial charge in [0.05, 0.1) is 12.6 Å². The highest BCUT2D eigenvalue weighted by molar-refractivity contribution is 6.02. The van der Waals surface area contributed by atoms with E-state index in [0.29, 0.717) is 13.0 Å². The number of hydrogen-bond acceptors (Lipinski definition) is 11. The summed E-state index contributed by atoms with van der Waals surface area (Å²) in [6.45, 7) is 0.232. The molecule has 5 heterocycles. The summed E-state index contributed by atoms with van der Waals surface area (Å²) in [6.07, 6.45) is 0.902. The van der Waals surface area contributed by atoms with Crippen molar-refractivity contribution in [1.82, 2.24) is 20.4 Å². The van der Waals surface area contributed by atoms with Crippen molar-refractivity contribution >= 4 is 35.5 Å². The van der Waals surface area contributed by atoms with E-state index in [1.54, 1.807) is 4.90 Å². The van der Waals surface area contributed by atoms with E-state index >= 15 is 0 Å². The lowest BCUT2D eigenvalue weighted by Gasteiger charge is -2.49. The third kappa shape index (κ3) is 2.94. The Morgan fingerprint density at radius 1 is 1.14 bits per heavy atom. The van der Waals surface area contributed by atoms with E-state index in [2.05, 4.69) is 20.6 Å². The number of rotatable bonds is 3. The van der Waals surface area contributed by atoms with Crippen LogP contribution in [0.5, 0.6) is 0 Å². The molecule has 36 heavy (non-hydrogen) atoms. The molecule has 2 saturated heterocycles. The summed E-state index contributed by atoms with van der Waals surface area (Å²) in [6, 6.07) is 3.95. The molecule has 5 aliphatic rings. The first-order valence-electron chi connectivity index (χ1n) is 11.8. The smallest absolute Gasteiger partial charge is 0.322 e. The van der Waals surface area contributed by atoms with Gasteiger partial charge in [-0.15, -0.1) is 0 Å². The van der Waals surface area contributed by atoms with Gasteiger partial charge in [-0.05, 0) is 18.1 Å². The molecule has 1 spiro atoms. The van der Waals surface area contributed by atoms with Crippen molar-refractivity contribution in [2.75, 3.05) is 24.5 Å². The number of hydrogen-bond donors (Lipinski definition) is 6. The van der Waals surface area contributed by atoms with Gasteiger partial charge >= 0.3 is 6.03 Å². The topological polar surface area (TPSA) is 202 Å². The molecular formula is C22H27N9O5. The first-order valence-corrected chi connectivity index (χ1v) is 11.8. The first kappa shape index (κ1) is 22.5. The molecule has 4 atom stereocenters. The molecule has 0 aromatic heterocycles. The minimum atomic E-state index is -2.60. The van der Waals surface area contributed by atoms with Crippen LogP contribution in [0.3, 0.4) is 0 Å². The van der Waals surface area contributed by atoms with Crippen LogP contribution in [0.4, 0.5) is 10.5 Å². The van der Waals surface area contributed by atoms with E-state index in [1.165, 1.54) is 4.90 Å². The Hall–Kier alpha value is -3.91. The number of likely N-dealkylation sites (tertiary alicyclic amines) is 1. The number of carbonyl (C=O) groups excluding carboxylic acids is 3. The fraction of sp³-hybridized carbons (Fsp3) is 0.500. The molecule has 5 aliphatic heterocycles. The molecule has 1 aromatic carbocycles. The molecule has 14 nitrogen and oxygen atoms in total. The zero-order valence-electron chi connectivity index (χ0n) is 19.3. The Morgan fingerprint density at radius 2 is 1.86 bits per heavy atom. The van der Waals surface area contributed by atoms with E-state index in [1.807, 2.05) is 24.3 Å². The van der Waals surface area contributed by atoms with Crippen molar-refractivity contribution in [3.63, 3.8) is 0 Å². The number of fused-ring (bicyclic) bond motifs is 1. The predicted molar refractivity (Wildman–Crippen MR) is 126 cm³/mol. The van der Waals surface area contributed by atoms with Gasteiger partial charge in [0.2, 0.25) is 17.6 Å². The van der Waals surface area contributed by atoms with Crippen molar-refractivity contribution in [1.29, 1.82) is 0 Å². The van der Waals surface area contributed by atoms with E-state index < -0.39 is 35.6 Å². The van der Waals surface area contributed by atoms with Crippen molar-refractivity contribution in [3.05, 3.63) is 29.8 Å². The Kier molecular flexibility index (Phi) is 4.72. The van der Waals surface area contributed by atoms with E-state index in [0.717, 1.165) is 16.2 Å². The molecule has 1 aromatic rings. The van der Waals surface area contributed by atoms with Crippen LogP contribution in [-0.2, 0) is 16.0 Å². The molecule has 6 rings (SSSR count). The predicted octanol–water partition coefficient (Wildman–Crippen LogP) is -3.05. The molecule has 8 N–H and O–H groups in total. The molecule has 14 heteroatoms. The van der Waals surface area contributed by atoms with Crippen molar-refractivity contribution < 1.29 is 24.6 Å². The number of imide groups is 1. The van der Waals surface area contributed by atoms with Crippen LogP contribution in [0.15, 0.2) is 34.3 Å². The van der Waals surface area contributed by atoms with Crippen LogP contribution < -0.4 is 27.0 Å². The van der Waals surface area contributed by atoms with Gasteiger partial charge in [0, 0.05) is 31.6 Å². The highest BCUT2D eigenvalue weighted by Crippen LogP contribution is 2.45. The molecule has 0 aliphatic carbocycles. The maximum absolute atomic E-state index is 13.2. The number of benzene rings is 1. The van der Waals surface area contributed by atoms with Crippen molar-refractivity contribution in [2.45, 2.75) is 48.8 Å². The Morgan fingerprint density at radius 3 is 2.61 bits per heavy atom. The van der Waals surface area contributed by atoms with Gasteiger partial charge in [0.15, 0.2) is 17.6 Å². The maximum atomic E-state index is 13.2. The molecule has 2 fully saturated rings. The third-order valence-corrected chi connectivity index (χ3v) is 7.76. The average Bonchev–Trinajstić information content (AvgIpc) is 3.56. The minimum Gasteiger partial charge on any atom is -0.370 e. The second kappa shape index (κ2) is 7.54. The largest absolute Gasteiger partial charge is 0.370 e. The lowest BCUT2D eigenvalue weighted by atomic mass is 9.85. The molecule has 0 unspecified atom stereocenters. The second-order valence-electron chi connectivity index (χ2n) is 9.67. The minimum absolute atomic E-state index is 0.0523. The van der Waals surface area contributed by atoms with E-state index in [4.69, 9.17) is 11.5 Å². The van der Waals surface area contributed by atoms with Gasteiger partial charge in [0.25, 0.3) is 0 Å². The molecular weight excluding hydrogens is 470 g/mol. The summed E-state index contributed by atoms with van der Waals surface area (Å²) < 4.78 is 0. The zero-order chi connectivity index (χ0) is 25.4. The lowest BCUT2D eigenvalue weighted by Crippen LogP contribution is -2.78. The number of guanidine groups is 2. The number of nitrogens with two attached hydrogens (primary N) is 2. The van der Waals surface area contributed by atoms with Gasteiger partial charge in [-0.2, -0.15) is 0 Å². The Balaban J connectivity index is 1.30. The van der Waals surface area contributed by atoms with Crippen LogP contribution in [0.25, 0.3) is 0 Å². The summed E-state index contributed by atoms with van der Waals surface area (Å²) in [4.78, 5) is 50.5. The Labute approximate surface area is 205 Å². The van der Waals surface area contributed by atoms with Gasteiger partial charge in [-0.25, -0.2) is 14.8 Å². The molecule has 0 saturated carbocycles. The number of nitrogens with zero attached hydrogens (tertiary/aromatic N) is 5. The van der Waals surface area contributed by atoms with Crippen LogP contribution >= 0.6 is 0 Å². The van der Waals surface area contributed by atoms with Crippen LogP contribution in [0.1, 0.15) is 18.4 Å². The average molecular weight is 498 g/mol. The number of anilines is 1. The third-order valence-electron chi connectivity index (χ3n) is 7.76. The number of aliphatic imine (C=N–C) groups is 2. The Bertz CT molecular complexity index is 1220. The van der Waals surface area contributed by atoms with Gasteiger partial charge in [-0.3, -0.25) is 19.4 Å². The number of nitrogens with one attached hydrogen (secondary N) is 2. The highest BCUT2D eigenvalue weighted by Gasteiger charge is 2.73. The fourth-order valence-electron chi connectivity index (χ4n) is 6.03. The molecule has 4 amide bonds.